The van der Waals surface area contributed by atoms with E-state index >= 15 is 0 Å². The number of benzene rings is 1. The highest BCUT2D eigenvalue weighted by atomic mass is 16.5. The largest absolute Gasteiger partial charge is 0.379 e. The van der Waals surface area contributed by atoms with Gasteiger partial charge in [-0.25, -0.2) is 0 Å². The van der Waals surface area contributed by atoms with Crippen molar-refractivity contribution in [3.05, 3.63) is 35.9 Å². The third kappa shape index (κ3) is 4.33. The van der Waals surface area contributed by atoms with Crippen molar-refractivity contribution in [3.63, 3.8) is 0 Å². The number of nitrogens with one attached hydrogen (secondary N) is 3. The second kappa shape index (κ2) is 8.58. The molecule has 2 aliphatic rings. The summed E-state index contributed by atoms with van der Waals surface area (Å²) in [5, 5.41) is 3.14. The number of hydrazine groups is 1. The fourth-order valence-electron chi connectivity index (χ4n) is 3.32. The fourth-order valence-corrected chi connectivity index (χ4v) is 3.32. The number of hydrogen-bond donors (Lipinski definition) is 3. The lowest BCUT2D eigenvalue weighted by molar-refractivity contribution is -0.130. The Morgan fingerprint density at radius 2 is 2.21 bits per heavy atom. The molecule has 2 unspecified atom stereocenters. The predicted molar refractivity (Wildman–Crippen MR) is 91.1 cm³/mol. The van der Waals surface area contributed by atoms with E-state index in [4.69, 9.17) is 9.47 Å². The Balaban J connectivity index is 1.55. The van der Waals surface area contributed by atoms with Crippen molar-refractivity contribution in [3.8, 4) is 0 Å². The van der Waals surface area contributed by atoms with Crippen LogP contribution >= 0.6 is 0 Å². The monoisotopic (exact) mass is 333 g/mol. The lowest BCUT2D eigenvalue weighted by Gasteiger charge is -2.33. The Labute approximate surface area is 143 Å². The minimum Gasteiger partial charge on any atom is -0.379 e. The highest BCUT2D eigenvalue weighted by molar-refractivity contribution is 5.80. The summed E-state index contributed by atoms with van der Waals surface area (Å²) < 4.78 is 11.6. The molecule has 2 fully saturated rings. The number of carbonyl (C=O) groups is 1. The van der Waals surface area contributed by atoms with Crippen LogP contribution in [0.1, 0.15) is 25.3 Å². The second-order valence-corrected chi connectivity index (χ2v) is 6.46. The molecule has 6 nitrogen and oxygen atoms in total. The maximum absolute atomic E-state index is 12.6. The van der Waals surface area contributed by atoms with Crippen LogP contribution < -0.4 is 16.2 Å². The number of rotatable bonds is 6. The maximum Gasteiger partial charge on any atom is 0.226 e. The first-order valence-corrected chi connectivity index (χ1v) is 8.80. The van der Waals surface area contributed by atoms with E-state index in [9.17, 15) is 4.79 Å². The SMILES string of the molecule is CCC1NNCC1C(=O)N[C@@H]1COCC[C@@H]1OCc1ccccc1. The van der Waals surface area contributed by atoms with Crippen molar-refractivity contribution < 1.29 is 14.3 Å². The second-order valence-electron chi connectivity index (χ2n) is 6.46. The van der Waals surface area contributed by atoms with E-state index in [1.165, 1.54) is 0 Å². The predicted octanol–water partition coefficient (Wildman–Crippen LogP) is 0.980. The van der Waals surface area contributed by atoms with Gasteiger partial charge in [0.05, 0.1) is 31.3 Å². The molecule has 0 saturated carbocycles. The third-order valence-electron chi connectivity index (χ3n) is 4.80. The van der Waals surface area contributed by atoms with Crippen LogP contribution in [0.2, 0.25) is 0 Å². The number of hydrogen-bond acceptors (Lipinski definition) is 5. The van der Waals surface area contributed by atoms with Crippen LogP contribution in [0.15, 0.2) is 30.3 Å². The van der Waals surface area contributed by atoms with Gasteiger partial charge in [0.25, 0.3) is 0 Å². The van der Waals surface area contributed by atoms with Crippen LogP contribution in [-0.4, -0.2) is 43.9 Å². The maximum atomic E-state index is 12.6. The van der Waals surface area contributed by atoms with Gasteiger partial charge in [0.15, 0.2) is 0 Å². The molecule has 0 radical (unpaired) electrons. The van der Waals surface area contributed by atoms with Crippen LogP contribution in [0.5, 0.6) is 0 Å². The molecule has 24 heavy (non-hydrogen) atoms. The minimum atomic E-state index is -0.0898. The highest BCUT2D eigenvalue weighted by Gasteiger charge is 2.35. The molecule has 2 aliphatic heterocycles. The zero-order valence-corrected chi connectivity index (χ0v) is 14.2. The fraction of sp³-hybridized carbons (Fsp3) is 0.611. The van der Waals surface area contributed by atoms with E-state index in [2.05, 4.69) is 35.2 Å². The van der Waals surface area contributed by atoms with Crippen molar-refractivity contribution in [1.82, 2.24) is 16.2 Å². The Bertz CT molecular complexity index is 526. The van der Waals surface area contributed by atoms with Gasteiger partial charge >= 0.3 is 0 Å². The van der Waals surface area contributed by atoms with Gasteiger partial charge < -0.3 is 14.8 Å². The molecule has 1 aromatic rings. The quantitative estimate of drug-likeness (QED) is 0.724. The molecule has 0 aliphatic carbocycles. The van der Waals surface area contributed by atoms with Gasteiger partial charge in [0.1, 0.15) is 0 Å². The Kier molecular flexibility index (Phi) is 6.20. The molecule has 1 aromatic carbocycles. The lowest BCUT2D eigenvalue weighted by Crippen LogP contribution is -2.53. The van der Waals surface area contributed by atoms with E-state index in [0.29, 0.717) is 26.4 Å². The van der Waals surface area contributed by atoms with Crippen LogP contribution in [0, 0.1) is 5.92 Å². The Morgan fingerprint density at radius 1 is 1.38 bits per heavy atom. The summed E-state index contributed by atoms with van der Waals surface area (Å²) in [7, 11) is 0. The standard InChI is InChI=1S/C18H27N3O3/c1-2-15-14(10-19-21-15)18(22)20-16-12-23-9-8-17(16)24-11-13-6-4-3-5-7-13/h3-7,14-17,19,21H,2,8-12H2,1H3,(H,20,22)/t14?,15?,16-,17+/m1/s1. The Morgan fingerprint density at radius 3 is 3.00 bits per heavy atom. The topological polar surface area (TPSA) is 71.6 Å². The van der Waals surface area contributed by atoms with E-state index in [0.717, 1.165) is 18.4 Å². The normalized spacial score (nSPS) is 30.2. The molecule has 4 atom stereocenters. The summed E-state index contributed by atoms with van der Waals surface area (Å²) in [5.41, 5.74) is 7.38. The van der Waals surface area contributed by atoms with Crippen LogP contribution in [0.3, 0.4) is 0 Å². The molecule has 3 rings (SSSR count). The average molecular weight is 333 g/mol. The van der Waals surface area contributed by atoms with E-state index in [1.807, 2.05) is 18.2 Å². The zero-order valence-electron chi connectivity index (χ0n) is 14.2. The first-order chi connectivity index (χ1) is 11.8. The van der Waals surface area contributed by atoms with Gasteiger partial charge in [-0.2, -0.15) is 0 Å². The van der Waals surface area contributed by atoms with Gasteiger partial charge in [-0.3, -0.25) is 15.6 Å². The van der Waals surface area contributed by atoms with Crippen molar-refractivity contribution in [1.29, 1.82) is 0 Å². The van der Waals surface area contributed by atoms with Crippen molar-refractivity contribution in [2.24, 2.45) is 5.92 Å². The molecule has 0 bridgehead atoms. The Hall–Kier alpha value is -1.47. The molecule has 3 N–H and O–H groups in total. The molecule has 2 heterocycles. The lowest BCUT2D eigenvalue weighted by atomic mass is 9.97. The molecule has 6 heteroatoms. The van der Waals surface area contributed by atoms with Crippen LogP contribution in [0.25, 0.3) is 0 Å². The van der Waals surface area contributed by atoms with Crippen molar-refractivity contribution in [2.75, 3.05) is 19.8 Å². The molecule has 2 saturated heterocycles. The minimum absolute atomic E-state index is 0.00898. The van der Waals surface area contributed by atoms with Crippen LogP contribution in [-0.2, 0) is 20.9 Å². The number of amides is 1. The summed E-state index contributed by atoms with van der Waals surface area (Å²) in [5.74, 6) is 0.0230. The molecule has 0 aromatic heterocycles. The molecule has 0 spiro atoms. The van der Waals surface area contributed by atoms with Gasteiger partial charge in [-0.05, 0) is 18.4 Å². The highest BCUT2D eigenvalue weighted by Crippen LogP contribution is 2.17. The smallest absolute Gasteiger partial charge is 0.226 e. The summed E-state index contributed by atoms with van der Waals surface area (Å²) in [4.78, 5) is 12.6. The number of carbonyl (C=O) groups excluding carboxylic acids is 1. The summed E-state index contributed by atoms with van der Waals surface area (Å²) in [6.07, 6.45) is 1.71. The molecular weight excluding hydrogens is 306 g/mol. The third-order valence-corrected chi connectivity index (χ3v) is 4.80. The average Bonchev–Trinajstić information content (AvgIpc) is 3.11. The van der Waals surface area contributed by atoms with Crippen LogP contribution in [0.4, 0.5) is 0 Å². The summed E-state index contributed by atoms with van der Waals surface area (Å²) in [6, 6.07) is 10.2. The van der Waals surface area contributed by atoms with E-state index in [-0.39, 0.29) is 30.0 Å². The van der Waals surface area contributed by atoms with Gasteiger partial charge in [0, 0.05) is 19.2 Å². The van der Waals surface area contributed by atoms with Crippen molar-refractivity contribution in [2.45, 2.75) is 44.6 Å². The van der Waals surface area contributed by atoms with E-state index < -0.39 is 0 Å². The van der Waals surface area contributed by atoms with Gasteiger partial charge in [-0.15, -0.1) is 0 Å². The molecular formula is C18H27N3O3. The van der Waals surface area contributed by atoms with Gasteiger partial charge in [-0.1, -0.05) is 37.3 Å². The summed E-state index contributed by atoms with van der Waals surface area (Å²) >= 11 is 0. The summed E-state index contributed by atoms with van der Waals surface area (Å²) in [6.45, 7) is 4.49. The first kappa shape index (κ1) is 17.4. The molecule has 132 valence electrons. The van der Waals surface area contributed by atoms with Gasteiger partial charge in [0.2, 0.25) is 5.91 Å². The number of ether oxygens (including phenoxy) is 2. The zero-order chi connectivity index (χ0) is 16.8. The van der Waals surface area contributed by atoms with Crippen molar-refractivity contribution >= 4 is 5.91 Å². The van der Waals surface area contributed by atoms with E-state index in [1.54, 1.807) is 0 Å². The molecule has 1 amide bonds. The first-order valence-electron chi connectivity index (χ1n) is 8.80.